The molecule has 8 nitrogen and oxygen atoms in total. The summed E-state index contributed by atoms with van der Waals surface area (Å²) in [6, 6.07) is -0.624. The van der Waals surface area contributed by atoms with Crippen molar-refractivity contribution in [3.05, 3.63) is 22.1 Å². The Bertz CT molecular complexity index is 1030. The summed E-state index contributed by atoms with van der Waals surface area (Å²) >= 11 is 3.48. The van der Waals surface area contributed by atoms with Crippen LogP contribution in [0.4, 0.5) is 0 Å². The SMILES string of the molecule is COC(=O)[C@H]1CCCN1C(=O)c1nc(CC(=O)C[C@@H](/C=C(\C)Br)O[Si](C)(C)C(C)(C)C)oc1[Si](C)(C)C. The molecule has 1 aliphatic heterocycles. The number of nitrogens with zero attached hydrogens (tertiary/aromatic N) is 2. The molecule has 1 fully saturated rings. The first kappa shape index (κ1) is 31.7. The highest BCUT2D eigenvalue weighted by atomic mass is 79.9. The molecule has 0 spiro atoms. The van der Waals surface area contributed by atoms with Crippen LogP contribution >= 0.6 is 15.9 Å². The number of allylic oxidation sites excluding steroid dienone is 1. The molecule has 2 atom stereocenters. The molecule has 0 saturated carbocycles. The number of hydrogen-bond acceptors (Lipinski definition) is 7. The van der Waals surface area contributed by atoms with E-state index in [9.17, 15) is 14.4 Å². The molecule has 11 heteroatoms. The first-order valence-electron chi connectivity index (χ1n) is 12.8. The highest BCUT2D eigenvalue weighted by molar-refractivity contribution is 9.11. The number of rotatable bonds is 10. The second-order valence-corrected chi connectivity index (χ2v) is 23.3. The average molecular weight is 616 g/mol. The Balaban J connectivity index is 2.29. The molecule has 1 aromatic rings. The van der Waals surface area contributed by atoms with Crippen molar-refractivity contribution in [2.45, 2.75) is 103 Å². The molecular formula is C26H43BrN2O6Si2. The van der Waals surface area contributed by atoms with Crippen molar-refractivity contribution >= 4 is 55.4 Å². The van der Waals surface area contributed by atoms with Crippen LogP contribution in [0.25, 0.3) is 0 Å². The van der Waals surface area contributed by atoms with E-state index in [1.54, 1.807) is 0 Å². The second kappa shape index (κ2) is 12.1. The first-order valence-corrected chi connectivity index (χ1v) is 20.0. The molecular weight excluding hydrogens is 572 g/mol. The number of oxazole rings is 1. The number of methoxy groups -OCH3 is 1. The molecule has 1 aliphatic rings. The first-order chi connectivity index (χ1) is 16.9. The summed E-state index contributed by atoms with van der Waals surface area (Å²) < 4.78 is 18.4. The average Bonchev–Trinajstić information content (AvgIpc) is 3.38. The van der Waals surface area contributed by atoms with Crippen LogP contribution in [-0.2, 0) is 25.2 Å². The lowest BCUT2D eigenvalue weighted by atomic mass is 10.1. The number of hydrogen-bond donors (Lipinski definition) is 0. The van der Waals surface area contributed by atoms with Crippen molar-refractivity contribution in [2.24, 2.45) is 0 Å². The van der Waals surface area contributed by atoms with Crippen molar-refractivity contribution in [3.8, 4) is 0 Å². The van der Waals surface area contributed by atoms with Crippen LogP contribution in [0, 0.1) is 0 Å². The van der Waals surface area contributed by atoms with Gasteiger partial charge in [0.05, 0.1) is 19.6 Å². The van der Waals surface area contributed by atoms with Crippen LogP contribution in [0.1, 0.15) is 63.3 Å². The van der Waals surface area contributed by atoms with E-state index in [0.29, 0.717) is 24.8 Å². The van der Waals surface area contributed by atoms with Gasteiger partial charge < -0.3 is 18.5 Å². The van der Waals surface area contributed by atoms with E-state index in [1.807, 2.05) is 13.0 Å². The summed E-state index contributed by atoms with van der Waals surface area (Å²) in [5.74, 6) is -0.623. The summed E-state index contributed by atoms with van der Waals surface area (Å²) in [7, 11) is -2.91. The number of Topliss-reactive ketones (excluding diaryl/α,β-unsaturated/α-hetero) is 1. The summed E-state index contributed by atoms with van der Waals surface area (Å²) in [6.07, 6.45) is 2.98. The van der Waals surface area contributed by atoms with Crippen LogP contribution in [0.15, 0.2) is 15.0 Å². The van der Waals surface area contributed by atoms with Gasteiger partial charge in [0.1, 0.15) is 25.3 Å². The van der Waals surface area contributed by atoms with Gasteiger partial charge in [0.25, 0.3) is 5.91 Å². The Labute approximate surface area is 231 Å². The number of halogens is 1. The zero-order chi connectivity index (χ0) is 28.3. The van der Waals surface area contributed by atoms with Crippen molar-refractivity contribution < 1.29 is 28.0 Å². The molecule has 1 amide bonds. The molecule has 0 N–H and O–H groups in total. The minimum absolute atomic E-state index is 0.00402. The van der Waals surface area contributed by atoms with Crippen molar-refractivity contribution in [1.29, 1.82) is 0 Å². The summed E-state index contributed by atoms with van der Waals surface area (Å²) in [6.45, 7) is 19.4. The van der Waals surface area contributed by atoms with E-state index in [-0.39, 0.29) is 47.3 Å². The molecule has 1 saturated heterocycles. The fourth-order valence-corrected chi connectivity index (χ4v) is 6.89. The summed E-state index contributed by atoms with van der Waals surface area (Å²) in [5, 5.41) is 0.547. The smallest absolute Gasteiger partial charge is 0.328 e. The molecule has 0 radical (unpaired) electrons. The largest absolute Gasteiger partial charge is 0.467 e. The predicted molar refractivity (Wildman–Crippen MR) is 154 cm³/mol. The van der Waals surface area contributed by atoms with Crippen molar-refractivity contribution in [1.82, 2.24) is 9.88 Å². The molecule has 208 valence electrons. The lowest BCUT2D eigenvalue weighted by Gasteiger charge is -2.38. The maximum Gasteiger partial charge on any atom is 0.328 e. The fraction of sp³-hybridized carbons (Fsp3) is 0.692. The number of ketones is 1. The molecule has 2 heterocycles. The second-order valence-electron chi connectivity index (χ2n) is 12.3. The standard InChI is InChI=1S/C26H43BrN2O6Si2/c1-17(27)14-19(35-37(9,10)26(2,3)4)15-18(30)16-21-28-22(25(34-21)36(6,7)8)23(31)29-13-11-12-20(29)24(32)33-5/h14,19-20H,11-13,15-16H2,1-10H3/b17-14+/t19-,20-/m1/s1. The number of amides is 1. The van der Waals surface area contributed by atoms with Crippen LogP contribution in [-0.4, -0.2) is 69.7 Å². The summed E-state index contributed by atoms with van der Waals surface area (Å²) in [5.41, 5.74) is 0.211. The van der Waals surface area contributed by atoms with Crippen LogP contribution in [0.3, 0.4) is 0 Å². The van der Waals surface area contributed by atoms with Crippen LogP contribution in [0.2, 0.25) is 37.8 Å². The minimum Gasteiger partial charge on any atom is -0.467 e. The number of aromatic nitrogens is 1. The molecule has 0 aromatic carbocycles. The highest BCUT2D eigenvalue weighted by Crippen LogP contribution is 2.38. The van der Waals surface area contributed by atoms with Gasteiger partial charge in [0, 0.05) is 13.0 Å². The van der Waals surface area contributed by atoms with Gasteiger partial charge in [-0.25, -0.2) is 9.78 Å². The Morgan fingerprint density at radius 1 is 1.22 bits per heavy atom. The Kier molecular flexibility index (Phi) is 10.3. The number of ether oxygens (including phenoxy) is 1. The van der Waals surface area contributed by atoms with Gasteiger partial charge >= 0.3 is 5.97 Å². The maximum absolute atomic E-state index is 13.5. The molecule has 0 bridgehead atoms. The third-order valence-electron chi connectivity index (χ3n) is 6.99. The zero-order valence-electron chi connectivity index (χ0n) is 24.0. The number of likely N-dealkylation sites (tertiary alicyclic amines) is 1. The Morgan fingerprint density at radius 3 is 2.35 bits per heavy atom. The quantitative estimate of drug-likeness (QED) is 0.264. The lowest BCUT2D eigenvalue weighted by Crippen LogP contribution is -2.46. The van der Waals surface area contributed by atoms with Gasteiger partial charge in [-0.1, -0.05) is 56.3 Å². The van der Waals surface area contributed by atoms with E-state index in [4.69, 9.17) is 13.6 Å². The number of carbonyl (C=O) groups is 3. The lowest BCUT2D eigenvalue weighted by molar-refractivity contribution is -0.145. The van der Waals surface area contributed by atoms with Crippen molar-refractivity contribution in [3.63, 3.8) is 0 Å². The topological polar surface area (TPSA) is 98.9 Å². The van der Waals surface area contributed by atoms with Crippen molar-refractivity contribution in [2.75, 3.05) is 13.7 Å². The number of carbonyl (C=O) groups excluding carboxylic acids is 3. The zero-order valence-corrected chi connectivity index (χ0v) is 27.6. The highest BCUT2D eigenvalue weighted by Gasteiger charge is 2.41. The van der Waals surface area contributed by atoms with Gasteiger partial charge in [0.2, 0.25) is 5.89 Å². The van der Waals surface area contributed by atoms with E-state index >= 15 is 0 Å². The minimum atomic E-state index is -2.12. The van der Waals surface area contributed by atoms with Gasteiger partial charge in [-0.05, 0) is 48.5 Å². The number of esters is 1. The van der Waals surface area contributed by atoms with Crippen LogP contribution < -0.4 is 5.38 Å². The molecule has 0 unspecified atom stereocenters. The van der Waals surface area contributed by atoms with Gasteiger partial charge in [-0.3, -0.25) is 9.59 Å². The molecule has 37 heavy (non-hydrogen) atoms. The molecule has 2 rings (SSSR count). The van der Waals surface area contributed by atoms with Gasteiger partial charge in [0.15, 0.2) is 14.0 Å². The van der Waals surface area contributed by atoms with Crippen LogP contribution in [0.5, 0.6) is 0 Å². The monoisotopic (exact) mass is 614 g/mol. The Morgan fingerprint density at radius 2 is 1.84 bits per heavy atom. The molecule has 0 aliphatic carbocycles. The third kappa shape index (κ3) is 8.21. The van der Waals surface area contributed by atoms with E-state index < -0.39 is 28.4 Å². The summed E-state index contributed by atoms with van der Waals surface area (Å²) in [4.78, 5) is 44.9. The van der Waals surface area contributed by atoms with E-state index in [0.717, 1.165) is 4.48 Å². The van der Waals surface area contributed by atoms with Gasteiger partial charge in [-0.2, -0.15) is 0 Å². The molecule has 1 aromatic heterocycles. The Hall–Kier alpha value is -1.57. The van der Waals surface area contributed by atoms with E-state index in [1.165, 1.54) is 12.0 Å². The van der Waals surface area contributed by atoms with E-state index in [2.05, 4.69) is 74.4 Å². The van der Waals surface area contributed by atoms with Gasteiger partial charge in [-0.15, -0.1) is 0 Å². The fourth-order valence-electron chi connectivity index (χ4n) is 4.03. The predicted octanol–water partition coefficient (Wildman–Crippen LogP) is 5.19. The maximum atomic E-state index is 13.5. The third-order valence-corrected chi connectivity index (χ3v) is 13.5. The normalized spacial score (nSPS) is 18.2.